The summed E-state index contributed by atoms with van der Waals surface area (Å²) in [5.74, 6) is 0.903. The van der Waals surface area contributed by atoms with Gasteiger partial charge in [0, 0.05) is 12.1 Å². The highest BCUT2D eigenvalue weighted by molar-refractivity contribution is 4.92. The molecular formula is C15H32N2. The number of rotatable bonds is 6. The monoisotopic (exact) mass is 240 g/mol. The van der Waals surface area contributed by atoms with Crippen LogP contribution in [-0.4, -0.2) is 17.7 Å². The van der Waals surface area contributed by atoms with Crippen LogP contribution in [0, 0.1) is 5.92 Å². The van der Waals surface area contributed by atoms with Gasteiger partial charge in [-0.3, -0.25) is 10.6 Å². The van der Waals surface area contributed by atoms with Crippen molar-refractivity contribution in [3.8, 4) is 0 Å². The van der Waals surface area contributed by atoms with Crippen LogP contribution < -0.4 is 10.6 Å². The molecule has 1 fully saturated rings. The average molecular weight is 240 g/mol. The minimum atomic E-state index is 0.206. The second-order valence-corrected chi connectivity index (χ2v) is 6.17. The van der Waals surface area contributed by atoms with Crippen LogP contribution in [0.2, 0.25) is 0 Å². The Balaban J connectivity index is 2.63. The first-order valence-electron chi connectivity index (χ1n) is 7.56. The van der Waals surface area contributed by atoms with Crippen LogP contribution in [0.25, 0.3) is 0 Å². The van der Waals surface area contributed by atoms with Crippen molar-refractivity contribution in [3.05, 3.63) is 0 Å². The van der Waals surface area contributed by atoms with E-state index in [0.717, 1.165) is 5.92 Å². The molecule has 1 saturated carbocycles. The van der Waals surface area contributed by atoms with E-state index < -0.39 is 0 Å². The smallest absolute Gasteiger partial charge is 0.0691 e. The lowest BCUT2D eigenvalue weighted by molar-refractivity contribution is 0.125. The summed E-state index contributed by atoms with van der Waals surface area (Å²) in [5.41, 5.74) is 0.206. The van der Waals surface area contributed by atoms with Crippen LogP contribution in [0.15, 0.2) is 0 Å². The third kappa shape index (κ3) is 4.59. The van der Waals surface area contributed by atoms with Crippen molar-refractivity contribution >= 4 is 0 Å². The lowest BCUT2D eigenvalue weighted by Gasteiger charge is -2.44. The van der Waals surface area contributed by atoms with Gasteiger partial charge >= 0.3 is 0 Å². The molecule has 0 saturated heterocycles. The van der Waals surface area contributed by atoms with Gasteiger partial charge in [0.15, 0.2) is 0 Å². The summed E-state index contributed by atoms with van der Waals surface area (Å²) in [6, 6.07) is 1.22. The molecular weight excluding hydrogens is 208 g/mol. The maximum atomic E-state index is 3.86. The molecule has 2 N–H and O–H groups in total. The predicted molar refractivity (Wildman–Crippen MR) is 76.1 cm³/mol. The van der Waals surface area contributed by atoms with Gasteiger partial charge in [-0.2, -0.15) is 0 Å². The first kappa shape index (κ1) is 15.0. The molecule has 0 radical (unpaired) electrons. The van der Waals surface area contributed by atoms with Gasteiger partial charge in [-0.1, -0.05) is 20.8 Å². The third-order valence-electron chi connectivity index (χ3n) is 4.40. The lowest BCUT2D eigenvalue weighted by Crippen LogP contribution is -2.62. The van der Waals surface area contributed by atoms with E-state index in [-0.39, 0.29) is 5.66 Å². The fraction of sp³-hybridized carbons (Fsp3) is 1.00. The van der Waals surface area contributed by atoms with Gasteiger partial charge in [0.2, 0.25) is 0 Å². The molecule has 0 spiro atoms. The minimum Gasteiger partial charge on any atom is -0.297 e. The second kappa shape index (κ2) is 6.75. The molecule has 0 bridgehead atoms. The van der Waals surface area contributed by atoms with Crippen molar-refractivity contribution in [3.63, 3.8) is 0 Å². The van der Waals surface area contributed by atoms with Crippen molar-refractivity contribution < 1.29 is 0 Å². The van der Waals surface area contributed by atoms with E-state index >= 15 is 0 Å². The van der Waals surface area contributed by atoms with Gasteiger partial charge < -0.3 is 0 Å². The highest BCUT2D eigenvalue weighted by Gasteiger charge is 2.35. The molecule has 1 aliphatic rings. The first-order chi connectivity index (χ1) is 8.01. The molecule has 2 atom stereocenters. The SMILES string of the molecule is CCC(C)NC1(NC(C)CC)CCC(C)CC1. The third-order valence-corrected chi connectivity index (χ3v) is 4.40. The van der Waals surface area contributed by atoms with Crippen molar-refractivity contribution in [2.75, 3.05) is 0 Å². The second-order valence-electron chi connectivity index (χ2n) is 6.17. The summed E-state index contributed by atoms with van der Waals surface area (Å²) in [4.78, 5) is 0. The summed E-state index contributed by atoms with van der Waals surface area (Å²) < 4.78 is 0. The van der Waals surface area contributed by atoms with E-state index in [4.69, 9.17) is 0 Å². The Morgan fingerprint density at radius 3 is 1.76 bits per heavy atom. The van der Waals surface area contributed by atoms with E-state index in [9.17, 15) is 0 Å². The number of nitrogens with one attached hydrogen (secondary N) is 2. The predicted octanol–water partition coefficient (Wildman–Crippen LogP) is 3.67. The molecule has 0 heterocycles. The Labute approximate surface area is 108 Å². The van der Waals surface area contributed by atoms with Crippen molar-refractivity contribution in [2.45, 2.75) is 90.9 Å². The summed E-state index contributed by atoms with van der Waals surface area (Å²) >= 11 is 0. The van der Waals surface area contributed by atoms with E-state index in [1.54, 1.807) is 0 Å². The van der Waals surface area contributed by atoms with E-state index in [0.29, 0.717) is 12.1 Å². The molecule has 0 aromatic carbocycles. The topological polar surface area (TPSA) is 24.1 Å². The number of hydrogen-bond acceptors (Lipinski definition) is 2. The molecule has 102 valence electrons. The average Bonchev–Trinajstić information content (AvgIpc) is 2.32. The summed E-state index contributed by atoms with van der Waals surface area (Å²) in [6.45, 7) is 11.5. The maximum Gasteiger partial charge on any atom is 0.0691 e. The van der Waals surface area contributed by atoms with Crippen molar-refractivity contribution in [1.82, 2.24) is 10.6 Å². The Morgan fingerprint density at radius 2 is 1.41 bits per heavy atom. The Bertz CT molecular complexity index is 193. The van der Waals surface area contributed by atoms with Gasteiger partial charge in [-0.15, -0.1) is 0 Å². The fourth-order valence-electron chi connectivity index (χ4n) is 2.73. The minimum absolute atomic E-state index is 0.206. The molecule has 17 heavy (non-hydrogen) atoms. The van der Waals surface area contributed by atoms with Crippen LogP contribution in [0.4, 0.5) is 0 Å². The standard InChI is InChI=1S/C15H32N2/c1-6-13(4)16-15(17-14(5)7-2)10-8-12(3)9-11-15/h12-14,16-17H,6-11H2,1-5H3. The highest BCUT2D eigenvalue weighted by Crippen LogP contribution is 2.31. The molecule has 1 aliphatic carbocycles. The zero-order chi connectivity index (χ0) is 12.9. The first-order valence-corrected chi connectivity index (χ1v) is 7.56. The quantitative estimate of drug-likeness (QED) is 0.692. The molecule has 0 aliphatic heterocycles. The fourth-order valence-corrected chi connectivity index (χ4v) is 2.73. The van der Waals surface area contributed by atoms with Gasteiger partial charge in [-0.05, 0) is 58.3 Å². The zero-order valence-electron chi connectivity index (χ0n) is 12.5. The molecule has 2 nitrogen and oxygen atoms in total. The Kier molecular flexibility index (Phi) is 5.94. The van der Waals surface area contributed by atoms with Crippen LogP contribution in [-0.2, 0) is 0 Å². The maximum absolute atomic E-state index is 3.86. The molecule has 2 heteroatoms. The van der Waals surface area contributed by atoms with E-state index in [1.165, 1.54) is 38.5 Å². The molecule has 0 aromatic rings. The molecule has 0 aromatic heterocycles. The summed E-state index contributed by atoms with van der Waals surface area (Å²) in [5, 5.41) is 7.71. The highest BCUT2D eigenvalue weighted by atomic mass is 15.2. The van der Waals surface area contributed by atoms with E-state index in [1.807, 2.05) is 0 Å². The molecule has 0 amide bonds. The lowest BCUT2D eigenvalue weighted by atomic mass is 9.81. The summed E-state index contributed by atoms with van der Waals surface area (Å²) in [6.07, 6.45) is 7.68. The Morgan fingerprint density at radius 1 is 1.00 bits per heavy atom. The Hall–Kier alpha value is -0.0800. The van der Waals surface area contributed by atoms with Gasteiger partial charge in [0.1, 0.15) is 0 Å². The largest absolute Gasteiger partial charge is 0.297 e. The van der Waals surface area contributed by atoms with Gasteiger partial charge in [0.05, 0.1) is 5.66 Å². The van der Waals surface area contributed by atoms with Crippen molar-refractivity contribution in [2.24, 2.45) is 5.92 Å². The van der Waals surface area contributed by atoms with Crippen molar-refractivity contribution in [1.29, 1.82) is 0 Å². The normalized spacial score (nSPS) is 33.4. The zero-order valence-corrected chi connectivity index (χ0v) is 12.5. The van der Waals surface area contributed by atoms with Crippen LogP contribution in [0.1, 0.15) is 73.1 Å². The van der Waals surface area contributed by atoms with Crippen LogP contribution in [0.3, 0.4) is 0 Å². The van der Waals surface area contributed by atoms with Gasteiger partial charge in [0.25, 0.3) is 0 Å². The molecule has 2 unspecified atom stereocenters. The van der Waals surface area contributed by atoms with Crippen LogP contribution >= 0.6 is 0 Å². The molecule has 1 rings (SSSR count). The van der Waals surface area contributed by atoms with E-state index in [2.05, 4.69) is 45.3 Å². The van der Waals surface area contributed by atoms with Crippen LogP contribution in [0.5, 0.6) is 0 Å². The van der Waals surface area contributed by atoms with Gasteiger partial charge in [-0.25, -0.2) is 0 Å². The number of hydrogen-bond donors (Lipinski definition) is 2. The summed E-state index contributed by atoms with van der Waals surface area (Å²) in [7, 11) is 0.